The van der Waals surface area contributed by atoms with Crippen molar-refractivity contribution in [3.8, 4) is 0 Å². The van der Waals surface area contributed by atoms with E-state index in [4.69, 9.17) is 16.3 Å². The van der Waals surface area contributed by atoms with Gasteiger partial charge in [0.15, 0.2) is 0 Å². The van der Waals surface area contributed by atoms with Crippen LogP contribution in [0.5, 0.6) is 0 Å². The van der Waals surface area contributed by atoms with Crippen molar-refractivity contribution >= 4 is 35.0 Å². The van der Waals surface area contributed by atoms with E-state index in [9.17, 15) is 19.5 Å². The number of hydrogen-bond acceptors (Lipinski definition) is 5. The van der Waals surface area contributed by atoms with Crippen LogP contribution in [0.3, 0.4) is 0 Å². The molecule has 1 N–H and O–H groups in total. The molecule has 37 heavy (non-hydrogen) atoms. The topological polar surface area (TPSA) is 90.4 Å². The number of para-hydroxylation sites is 1. The minimum Gasteiger partial charge on any atom is -0.396 e. The van der Waals surface area contributed by atoms with Gasteiger partial charge in [0, 0.05) is 33.3 Å². The first-order chi connectivity index (χ1) is 17.8. The Morgan fingerprint density at radius 2 is 1.76 bits per heavy atom. The lowest BCUT2D eigenvalue weighted by atomic mass is 9.73. The average Bonchev–Trinajstić information content (AvgIpc) is 3.18. The van der Waals surface area contributed by atoms with Crippen LogP contribution in [0, 0.1) is 11.8 Å². The van der Waals surface area contributed by atoms with E-state index < -0.39 is 29.1 Å². The lowest BCUT2D eigenvalue weighted by Gasteiger charge is -2.38. The fourth-order valence-electron chi connectivity index (χ4n) is 6.58. The normalized spacial score (nSPS) is 32.9. The van der Waals surface area contributed by atoms with Crippen LogP contribution in [0.25, 0.3) is 0 Å². The summed E-state index contributed by atoms with van der Waals surface area (Å²) in [5, 5.41) is 9.67. The summed E-state index contributed by atoms with van der Waals surface area (Å²) in [4.78, 5) is 47.2. The molecule has 4 aliphatic rings. The van der Waals surface area contributed by atoms with E-state index in [0.717, 1.165) is 6.42 Å². The molecule has 4 aliphatic heterocycles. The first kappa shape index (κ1) is 25.9. The molecule has 0 saturated carbocycles. The van der Waals surface area contributed by atoms with Crippen molar-refractivity contribution < 1.29 is 24.2 Å². The summed E-state index contributed by atoms with van der Waals surface area (Å²) in [5.41, 5.74) is -1.69. The summed E-state index contributed by atoms with van der Waals surface area (Å²) in [6.45, 7) is 3.09. The van der Waals surface area contributed by atoms with Crippen molar-refractivity contribution in [2.75, 3.05) is 38.2 Å². The zero-order valence-electron chi connectivity index (χ0n) is 21.3. The van der Waals surface area contributed by atoms with Crippen molar-refractivity contribution in [3.63, 3.8) is 0 Å². The van der Waals surface area contributed by atoms with Crippen molar-refractivity contribution in [2.24, 2.45) is 11.8 Å². The van der Waals surface area contributed by atoms with E-state index in [-0.39, 0.29) is 30.9 Å². The lowest BCUT2D eigenvalue weighted by Crippen LogP contribution is -2.56. The molecule has 198 valence electrons. The second-order valence-electron chi connectivity index (χ2n) is 10.4. The van der Waals surface area contributed by atoms with Gasteiger partial charge in [0.25, 0.3) is 5.91 Å². The highest BCUT2D eigenvalue weighted by molar-refractivity contribution is 6.34. The monoisotopic (exact) mass is 527 g/mol. The molecule has 5 atom stereocenters. The molecule has 2 saturated heterocycles. The van der Waals surface area contributed by atoms with Crippen molar-refractivity contribution in [1.29, 1.82) is 0 Å². The molecule has 1 unspecified atom stereocenters. The first-order valence-corrected chi connectivity index (χ1v) is 13.5. The minimum atomic E-state index is -1.28. The van der Waals surface area contributed by atoms with Gasteiger partial charge in [0.2, 0.25) is 11.8 Å². The molecule has 2 fully saturated rings. The van der Waals surface area contributed by atoms with Gasteiger partial charge in [-0.1, -0.05) is 55.0 Å². The van der Waals surface area contributed by atoms with Gasteiger partial charge >= 0.3 is 0 Å². The van der Waals surface area contributed by atoms with Gasteiger partial charge < -0.3 is 24.5 Å². The van der Waals surface area contributed by atoms with Crippen LogP contribution in [-0.4, -0.2) is 83.2 Å². The van der Waals surface area contributed by atoms with Crippen LogP contribution in [0.2, 0.25) is 5.02 Å². The molecule has 0 bridgehead atoms. The lowest BCUT2D eigenvalue weighted by molar-refractivity contribution is -0.149. The van der Waals surface area contributed by atoms with Gasteiger partial charge in [-0.2, -0.15) is 0 Å². The molecule has 1 aromatic carbocycles. The quantitative estimate of drug-likeness (QED) is 0.435. The Kier molecular flexibility index (Phi) is 6.94. The fourth-order valence-corrected chi connectivity index (χ4v) is 6.82. The van der Waals surface area contributed by atoms with Crippen LogP contribution in [0.15, 0.2) is 48.6 Å². The fraction of sp³-hybridized carbons (Fsp3) is 0.536. The van der Waals surface area contributed by atoms with E-state index in [1.165, 1.54) is 0 Å². The molecule has 5 rings (SSSR count). The first-order valence-electron chi connectivity index (χ1n) is 13.1. The van der Waals surface area contributed by atoms with Crippen LogP contribution in [-0.2, 0) is 19.1 Å². The number of likely N-dealkylation sites (tertiary alicyclic amines) is 1. The number of rotatable bonds is 7. The molecule has 0 aromatic heterocycles. The summed E-state index contributed by atoms with van der Waals surface area (Å²) in [6, 6.07) is 6.22. The number of carbonyl (C=O) groups is 3. The Labute approximate surface area is 222 Å². The smallest absolute Gasteiger partial charge is 0.253 e. The maximum absolute atomic E-state index is 14.4. The Bertz CT molecular complexity index is 1150. The van der Waals surface area contributed by atoms with E-state index in [0.29, 0.717) is 43.1 Å². The summed E-state index contributed by atoms with van der Waals surface area (Å²) >= 11 is 6.50. The minimum absolute atomic E-state index is 0.0727. The van der Waals surface area contributed by atoms with Crippen molar-refractivity contribution in [3.05, 3.63) is 53.6 Å². The highest BCUT2D eigenvalue weighted by Crippen LogP contribution is 2.58. The number of fused-ring (bicyclic) bond motifs is 2. The predicted octanol–water partition coefficient (Wildman–Crippen LogP) is 2.79. The summed E-state index contributed by atoms with van der Waals surface area (Å²) in [7, 11) is 1.74. The Morgan fingerprint density at radius 3 is 2.49 bits per heavy atom. The van der Waals surface area contributed by atoms with Crippen molar-refractivity contribution in [2.45, 2.75) is 49.9 Å². The molecule has 8 nitrogen and oxygen atoms in total. The molecule has 0 aliphatic carbocycles. The van der Waals surface area contributed by atoms with Gasteiger partial charge in [-0.15, -0.1) is 0 Å². The predicted molar refractivity (Wildman–Crippen MR) is 140 cm³/mol. The van der Waals surface area contributed by atoms with E-state index >= 15 is 0 Å². The Morgan fingerprint density at radius 1 is 1.00 bits per heavy atom. The average molecular weight is 528 g/mol. The van der Waals surface area contributed by atoms with Crippen molar-refractivity contribution in [1.82, 2.24) is 9.80 Å². The van der Waals surface area contributed by atoms with E-state index in [1.807, 2.05) is 37.3 Å². The largest absolute Gasteiger partial charge is 0.396 e. The third kappa shape index (κ3) is 3.92. The molecular formula is C28H34ClN3O5. The number of halogens is 1. The number of unbranched alkanes of at least 4 members (excludes halogenated alkanes) is 2. The van der Waals surface area contributed by atoms with Gasteiger partial charge in [-0.25, -0.2) is 0 Å². The number of anilines is 1. The molecule has 1 aromatic rings. The third-order valence-corrected chi connectivity index (χ3v) is 8.66. The Hall–Kier alpha value is -2.68. The van der Waals surface area contributed by atoms with Gasteiger partial charge in [-0.3, -0.25) is 14.4 Å². The zero-order chi connectivity index (χ0) is 26.4. The molecule has 0 radical (unpaired) electrons. The van der Waals surface area contributed by atoms with E-state index in [2.05, 4.69) is 0 Å². The summed E-state index contributed by atoms with van der Waals surface area (Å²) in [6.07, 6.45) is 10.0. The second-order valence-corrected chi connectivity index (χ2v) is 10.8. The zero-order valence-corrected chi connectivity index (χ0v) is 22.1. The highest BCUT2D eigenvalue weighted by atomic mass is 35.5. The Balaban J connectivity index is 1.63. The summed E-state index contributed by atoms with van der Waals surface area (Å²) in [5.74, 6) is -2.20. The molecular weight excluding hydrogens is 494 g/mol. The molecule has 3 amide bonds. The number of likely N-dealkylation sites (N-methyl/N-ethyl adjacent to an activating group) is 1. The van der Waals surface area contributed by atoms with Crippen LogP contribution in [0.4, 0.5) is 5.69 Å². The van der Waals surface area contributed by atoms with E-state index in [1.54, 1.807) is 39.9 Å². The number of hydrogen-bond donors (Lipinski definition) is 1. The number of amides is 3. The van der Waals surface area contributed by atoms with Gasteiger partial charge in [-0.05, 0) is 37.8 Å². The molecule has 9 heteroatoms. The van der Waals surface area contributed by atoms with Crippen LogP contribution >= 0.6 is 11.6 Å². The molecule has 4 heterocycles. The number of aliphatic hydroxyl groups excluding tert-OH is 1. The highest BCUT2D eigenvalue weighted by Gasteiger charge is 2.75. The number of aliphatic hydroxyl groups is 1. The second kappa shape index (κ2) is 9.89. The van der Waals surface area contributed by atoms with Crippen LogP contribution < -0.4 is 4.90 Å². The van der Waals surface area contributed by atoms with Crippen LogP contribution in [0.1, 0.15) is 32.6 Å². The summed E-state index contributed by atoms with van der Waals surface area (Å²) < 4.78 is 6.91. The third-order valence-electron chi connectivity index (χ3n) is 8.34. The number of ether oxygens (including phenoxy) is 1. The maximum Gasteiger partial charge on any atom is 0.253 e. The van der Waals surface area contributed by atoms with Gasteiger partial charge in [0.1, 0.15) is 11.6 Å². The number of nitrogens with zero attached hydrogens (tertiary/aromatic N) is 3. The molecule has 1 spiro atoms. The SMILES string of the molecule is CC[C@@]12C=CCN(C)C(=O)[C@@H]1[C@H]1C(=O)N(CCCCCO)C3C(=O)N(c4ccccc4Cl)CC=C[C@@]31O2. The number of benzene rings is 1. The number of carbonyl (C=O) groups excluding carboxylic acids is 3. The maximum atomic E-state index is 14.4. The standard InChI is InChI=1S/C28H34ClN3O5/c1-3-27-13-9-15-30(2)24(34)21(27)22-25(35)32(16-7-4-8-18-33)23-26(36)31(17-10-14-28(22,23)37-27)20-12-6-5-11-19(20)29/h5-6,9-14,21-23,33H,3-4,7-8,15-18H2,1-2H3/t21-,22-,23?,27+,28-/m0/s1. The van der Waals surface area contributed by atoms with Gasteiger partial charge in [0.05, 0.1) is 28.1 Å².